The molecular weight excluding hydrogens is 226 g/mol. The molecule has 1 aromatic carbocycles. The van der Waals surface area contributed by atoms with Gasteiger partial charge in [0.05, 0.1) is 19.3 Å². The van der Waals surface area contributed by atoms with Gasteiger partial charge in [-0.1, -0.05) is 12.1 Å². The number of ether oxygens (including phenoxy) is 1. The van der Waals surface area contributed by atoms with E-state index in [-0.39, 0.29) is 0 Å². The Hall–Kier alpha value is -1.81. The second-order valence-corrected chi connectivity index (χ2v) is 4.36. The fourth-order valence-corrected chi connectivity index (χ4v) is 2.13. The molecule has 1 heterocycles. The maximum Gasteiger partial charge on any atom is 0.119 e. The first-order valence-corrected chi connectivity index (χ1v) is 6.01. The highest BCUT2D eigenvalue weighted by Crippen LogP contribution is 2.17. The summed E-state index contributed by atoms with van der Waals surface area (Å²) in [5.41, 5.74) is 10.2. The van der Waals surface area contributed by atoms with Gasteiger partial charge < -0.3 is 10.5 Å². The second kappa shape index (κ2) is 5.23. The number of hydrogen-bond acceptors (Lipinski definition) is 3. The molecule has 2 N–H and O–H groups in total. The number of hydrogen-bond donors (Lipinski definition) is 1. The van der Waals surface area contributed by atoms with Crippen LogP contribution in [0.5, 0.6) is 5.75 Å². The molecule has 0 aliphatic heterocycles. The van der Waals surface area contributed by atoms with Crippen molar-refractivity contribution in [2.45, 2.75) is 26.9 Å². The summed E-state index contributed by atoms with van der Waals surface area (Å²) in [4.78, 5) is 0. The summed E-state index contributed by atoms with van der Waals surface area (Å²) in [6, 6.07) is 8.03. The molecule has 0 fully saturated rings. The number of methoxy groups -OCH3 is 1. The normalized spacial score (nSPS) is 10.7. The van der Waals surface area contributed by atoms with Gasteiger partial charge in [-0.05, 0) is 31.5 Å². The molecule has 4 heteroatoms. The molecule has 0 aliphatic rings. The summed E-state index contributed by atoms with van der Waals surface area (Å²) in [5, 5.41) is 4.53. The van der Waals surface area contributed by atoms with Crippen molar-refractivity contribution in [3.63, 3.8) is 0 Å². The molecule has 4 nitrogen and oxygen atoms in total. The van der Waals surface area contributed by atoms with Gasteiger partial charge in [0, 0.05) is 17.8 Å². The van der Waals surface area contributed by atoms with Crippen LogP contribution in [-0.2, 0) is 13.1 Å². The number of rotatable bonds is 4. The molecule has 0 spiro atoms. The van der Waals surface area contributed by atoms with Crippen LogP contribution in [0.1, 0.15) is 22.5 Å². The molecule has 2 aromatic rings. The van der Waals surface area contributed by atoms with Crippen LogP contribution in [0, 0.1) is 13.8 Å². The van der Waals surface area contributed by atoms with E-state index in [1.54, 1.807) is 7.11 Å². The van der Waals surface area contributed by atoms with Crippen molar-refractivity contribution in [1.29, 1.82) is 0 Å². The topological polar surface area (TPSA) is 53.1 Å². The zero-order valence-corrected chi connectivity index (χ0v) is 11.1. The van der Waals surface area contributed by atoms with Gasteiger partial charge >= 0.3 is 0 Å². The molecule has 1 aromatic heterocycles. The first kappa shape index (κ1) is 12.6. The Morgan fingerprint density at radius 3 is 2.72 bits per heavy atom. The fourth-order valence-electron chi connectivity index (χ4n) is 2.13. The minimum Gasteiger partial charge on any atom is -0.497 e. The highest BCUT2D eigenvalue weighted by Gasteiger charge is 2.10. The maximum absolute atomic E-state index is 5.73. The van der Waals surface area contributed by atoms with Crippen LogP contribution in [0.3, 0.4) is 0 Å². The summed E-state index contributed by atoms with van der Waals surface area (Å²) in [6.07, 6.45) is 0. The van der Waals surface area contributed by atoms with Crippen LogP contribution in [0.25, 0.3) is 0 Å². The van der Waals surface area contributed by atoms with Crippen molar-refractivity contribution in [1.82, 2.24) is 9.78 Å². The largest absolute Gasteiger partial charge is 0.497 e. The molecule has 0 aliphatic carbocycles. The Balaban J connectivity index is 2.28. The van der Waals surface area contributed by atoms with E-state index in [0.717, 1.165) is 29.2 Å². The Kier molecular flexibility index (Phi) is 3.67. The van der Waals surface area contributed by atoms with E-state index in [4.69, 9.17) is 10.5 Å². The molecule has 0 unspecified atom stereocenters. The van der Waals surface area contributed by atoms with Crippen LogP contribution in [0.4, 0.5) is 0 Å². The van der Waals surface area contributed by atoms with E-state index in [1.807, 2.05) is 29.8 Å². The SMILES string of the molecule is COc1cccc(Cn2nc(C)c(CN)c2C)c1. The molecule has 0 radical (unpaired) electrons. The van der Waals surface area contributed by atoms with Crippen molar-refractivity contribution >= 4 is 0 Å². The second-order valence-electron chi connectivity index (χ2n) is 4.36. The standard InChI is InChI=1S/C14H19N3O/c1-10-14(8-15)11(2)17(16-10)9-12-5-4-6-13(7-12)18-3/h4-7H,8-9,15H2,1-3H3. The molecule has 0 amide bonds. The summed E-state index contributed by atoms with van der Waals surface area (Å²) < 4.78 is 7.22. The number of nitrogens with two attached hydrogens (primary N) is 1. The van der Waals surface area contributed by atoms with E-state index in [1.165, 1.54) is 5.56 Å². The number of aryl methyl sites for hydroxylation is 1. The van der Waals surface area contributed by atoms with Crippen LogP contribution in [0.2, 0.25) is 0 Å². The number of nitrogens with zero attached hydrogens (tertiary/aromatic N) is 2. The minimum atomic E-state index is 0.537. The predicted octanol–water partition coefficient (Wildman–Crippen LogP) is 2.02. The van der Waals surface area contributed by atoms with Crippen molar-refractivity contribution in [2.24, 2.45) is 5.73 Å². The number of aromatic nitrogens is 2. The molecule has 18 heavy (non-hydrogen) atoms. The van der Waals surface area contributed by atoms with Crippen LogP contribution >= 0.6 is 0 Å². The average Bonchev–Trinajstić information content (AvgIpc) is 2.64. The van der Waals surface area contributed by atoms with Crippen molar-refractivity contribution in [3.05, 3.63) is 46.8 Å². The van der Waals surface area contributed by atoms with E-state index >= 15 is 0 Å². The third kappa shape index (κ3) is 2.38. The summed E-state index contributed by atoms with van der Waals surface area (Å²) in [7, 11) is 1.68. The maximum atomic E-state index is 5.73. The van der Waals surface area contributed by atoms with Crippen molar-refractivity contribution in [2.75, 3.05) is 7.11 Å². The van der Waals surface area contributed by atoms with Gasteiger partial charge in [-0.3, -0.25) is 4.68 Å². The lowest BCUT2D eigenvalue weighted by molar-refractivity contribution is 0.414. The quantitative estimate of drug-likeness (QED) is 0.896. The van der Waals surface area contributed by atoms with E-state index < -0.39 is 0 Å². The zero-order valence-electron chi connectivity index (χ0n) is 11.1. The predicted molar refractivity (Wildman–Crippen MR) is 71.7 cm³/mol. The Morgan fingerprint density at radius 2 is 2.11 bits per heavy atom. The molecule has 0 bridgehead atoms. The lowest BCUT2D eigenvalue weighted by atomic mass is 10.2. The molecule has 0 atom stereocenters. The third-order valence-corrected chi connectivity index (χ3v) is 3.20. The third-order valence-electron chi connectivity index (χ3n) is 3.20. The van der Waals surface area contributed by atoms with Crippen LogP contribution < -0.4 is 10.5 Å². The van der Waals surface area contributed by atoms with E-state index in [2.05, 4.69) is 18.1 Å². The summed E-state index contributed by atoms with van der Waals surface area (Å²) >= 11 is 0. The lowest BCUT2D eigenvalue weighted by Gasteiger charge is -2.07. The van der Waals surface area contributed by atoms with Crippen molar-refractivity contribution in [3.8, 4) is 5.75 Å². The smallest absolute Gasteiger partial charge is 0.119 e. The summed E-state index contributed by atoms with van der Waals surface area (Å²) in [6.45, 7) is 5.33. The minimum absolute atomic E-state index is 0.537. The zero-order chi connectivity index (χ0) is 13.1. The Bertz CT molecular complexity index is 546. The van der Waals surface area contributed by atoms with E-state index in [9.17, 15) is 0 Å². The van der Waals surface area contributed by atoms with Gasteiger partial charge in [-0.15, -0.1) is 0 Å². The van der Waals surface area contributed by atoms with Gasteiger partial charge in [-0.25, -0.2) is 0 Å². The monoisotopic (exact) mass is 245 g/mol. The van der Waals surface area contributed by atoms with Crippen LogP contribution in [0.15, 0.2) is 24.3 Å². The fraction of sp³-hybridized carbons (Fsp3) is 0.357. The Labute approximate surface area is 107 Å². The molecule has 0 saturated heterocycles. The first-order chi connectivity index (χ1) is 8.65. The summed E-state index contributed by atoms with van der Waals surface area (Å²) in [5.74, 6) is 0.869. The van der Waals surface area contributed by atoms with Gasteiger partial charge in [0.15, 0.2) is 0 Å². The van der Waals surface area contributed by atoms with E-state index in [0.29, 0.717) is 6.54 Å². The average molecular weight is 245 g/mol. The van der Waals surface area contributed by atoms with Gasteiger partial charge in [0.2, 0.25) is 0 Å². The molecular formula is C14H19N3O. The van der Waals surface area contributed by atoms with Gasteiger partial charge in [0.25, 0.3) is 0 Å². The lowest BCUT2D eigenvalue weighted by Crippen LogP contribution is -2.05. The molecule has 96 valence electrons. The van der Waals surface area contributed by atoms with Crippen LogP contribution in [-0.4, -0.2) is 16.9 Å². The molecule has 2 rings (SSSR count). The highest BCUT2D eigenvalue weighted by molar-refractivity contribution is 5.30. The van der Waals surface area contributed by atoms with Gasteiger partial charge in [0.1, 0.15) is 5.75 Å². The highest BCUT2D eigenvalue weighted by atomic mass is 16.5. The number of benzene rings is 1. The molecule has 0 saturated carbocycles. The van der Waals surface area contributed by atoms with Crippen molar-refractivity contribution < 1.29 is 4.74 Å². The van der Waals surface area contributed by atoms with Gasteiger partial charge in [-0.2, -0.15) is 5.10 Å². The Morgan fingerprint density at radius 1 is 1.33 bits per heavy atom. The first-order valence-electron chi connectivity index (χ1n) is 6.01.